The van der Waals surface area contributed by atoms with Crippen molar-refractivity contribution in [2.75, 3.05) is 29.1 Å². The van der Waals surface area contributed by atoms with Crippen LogP contribution in [0.5, 0.6) is 0 Å². The van der Waals surface area contributed by atoms with Crippen LogP contribution >= 0.6 is 0 Å². The first-order valence-corrected chi connectivity index (χ1v) is 13.0. The number of hydrogen-bond donors (Lipinski definition) is 1. The Kier molecular flexibility index (Phi) is 5.42. The molecule has 1 aromatic carbocycles. The number of nitrogens with zero attached hydrogens (tertiary/aromatic N) is 2. The minimum Gasteiger partial charge on any atom is -0.356 e. The zero-order valence-corrected chi connectivity index (χ0v) is 19.1. The van der Waals surface area contributed by atoms with Crippen molar-refractivity contribution in [3.05, 3.63) is 48.2 Å². The van der Waals surface area contributed by atoms with Crippen molar-refractivity contribution in [2.45, 2.75) is 49.3 Å². The molecule has 9 heteroatoms. The Morgan fingerprint density at radius 1 is 1.09 bits per heavy atom. The molecule has 1 amide bonds. The van der Waals surface area contributed by atoms with Crippen LogP contribution in [-0.4, -0.2) is 44.1 Å². The molecule has 1 N–H and O–H groups in total. The molecule has 5 rings (SSSR count). The summed E-state index contributed by atoms with van der Waals surface area (Å²) in [6.07, 6.45) is 5.67. The normalized spacial score (nSPS) is 21.5. The van der Waals surface area contributed by atoms with Crippen molar-refractivity contribution in [1.29, 1.82) is 0 Å². The summed E-state index contributed by atoms with van der Waals surface area (Å²) >= 11 is 0. The number of sulfone groups is 1. The van der Waals surface area contributed by atoms with Crippen molar-refractivity contribution in [1.82, 2.24) is 4.98 Å². The molecule has 6 nitrogen and oxygen atoms in total. The Bertz CT molecular complexity index is 1160. The van der Waals surface area contributed by atoms with Gasteiger partial charge in [0, 0.05) is 37.8 Å². The number of aromatic nitrogens is 1. The fraction of sp³-hybridized carbons (Fsp3) is 0.500. The maximum absolute atomic E-state index is 13.1. The Hall–Kier alpha value is -2.55. The van der Waals surface area contributed by atoms with E-state index >= 15 is 0 Å². The lowest BCUT2D eigenvalue weighted by atomic mass is 9.83. The number of carbonyl (C=O) groups is 1. The first kappa shape index (κ1) is 22.3. The lowest BCUT2D eigenvalue weighted by Crippen LogP contribution is -2.39. The standard InChI is InChI=1S/C24H27F2N3O3S/c25-24(26)14-17(15-24)16-33(31,32)19-4-1-3-18(13-19)28-22(30)20-5-2-10-27-21(20)29-11-8-23(6-7-23)9-12-29/h1-5,10,13,17H,6-9,11-12,14-16H2,(H,28,30). The highest BCUT2D eigenvalue weighted by Gasteiger charge is 2.47. The monoisotopic (exact) mass is 475 g/mol. The van der Waals surface area contributed by atoms with Crippen LogP contribution in [0.4, 0.5) is 20.3 Å². The molecule has 2 aliphatic carbocycles. The van der Waals surface area contributed by atoms with Gasteiger partial charge in [0.25, 0.3) is 5.91 Å². The maximum Gasteiger partial charge on any atom is 0.259 e. The quantitative estimate of drug-likeness (QED) is 0.664. The highest BCUT2D eigenvalue weighted by Crippen LogP contribution is 2.54. The summed E-state index contributed by atoms with van der Waals surface area (Å²) in [5.74, 6) is -3.34. The smallest absolute Gasteiger partial charge is 0.259 e. The van der Waals surface area contributed by atoms with Crippen LogP contribution in [0.1, 0.15) is 48.9 Å². The molecule has 0 bridgehead atoms. The fourth-order valence-corrected chi connectivity index (χ4v) is 6.61. The van der Waals surface area contributed by atoms with Crippen LogP contribution in [-0.2, 0) is 9.84 Å². The minimum atomic E-state index is -3.73. The van der Waals surface area contributed by atoms with E-state index in [0.717, 1.165) is 25.9 Å². The first-order valence-electron chi connectivity index (χ1n) is 11.4. The number of carbonyl (C=O) groups excluding carboxylic acids is 1. The molecule has 0 unspecified atom stereocenters. The minimum absolute atomic E-state index is 0.0210. The van der Waals surface area contributed by atoms with Gasteiger partial charge in [-0.25, -0.2) is 22.2 Å². The number of piperidine rings is 1. The molecule has 3 fully saturated rings. The SMILES string of the molecule is O=C(Nc1cccc(S(=O)(=O)CC2CC(F)(F)C2)c1)c1cccnc1N1CCC2(CC1)CC2. The van der Waals surface area contributed by atoms with Crippen LogP contribution < -0.4 is 10.2 Å². The van der Waals surface area contributed by atoms with E-state index in [1.807, 2.05) is 0 Å². The summed E-state index contributed by atoms with van der Waals surface area (Å²) < 4.78 is 51.6. The van der Waals surface area contributed by atoms with E-state index in [0.29, 0.717) is 22.5 Å². The van der Waals surface area contributed by atoms with Gasteiger partial charge < -0.3 is 10.2 Å². The molecule has 2 saturated carbocycles. The number of nitrogens with one attached hydrogen (secondary N) is 1. The van der Waals surface area contributed by atoms with Crippen LogP contribution in [0.15, 0.2) is 47.5 Å². The van der Waals surface area contributed by atoms with Gasteiger partial charge in [-0.3, -0.25) is 4.79 Å². The molecule has 176 valence electrons. The molecule has 3 aliphatic rings. The van der Waals surface area contributed by atoms with Gasteiger partial charge in [0.1, 0.15) is 5.82 Å². The van der Waals surface area contributed by atoms with Gasteiger partial charge in [0.2, 0.25) is 5.92 Å². The number of rotatable bonds is 6. The predicted octanol–water partition coefficient (Wildman–Crippen LogP) is 4.53. The van der Waals surface area contributed by atoms with E-state index in [1.165, 1.54) is 25.0 Å². The molecule has 1 spiro atoms. The number of amides is 1. The summed E-state index contributed by atoms with van der Waals surface area (Å²) in [4.78, 5) is 19.7. The van der Waals surface area contributed by atoms with Crippen LogP contribution in [0, 0.1) is 11.3 Å². The third-order valence-corrected chi connectivity index (χ3v) is 9.08. The first-order chi connectivity index (χ1) is 15.6. The summed E-state index contributed by atoms with van der Waals surface area (Å²) in [5.41, 5.74) is 1.29. The Morgan fingerprint density at radius 2 is 1.82 bits per heavy atom. The van der Waals surface area contributed by atoms with Crippen molar-refractivity contribution >= 4 is 27.2 Å². The zero-order valence-electron chi connectivity index (χ0n) is 18.3. The molecule has 1 aliphatic heterocycles. The molecular formula is C24H27F2N3O3S. The molecule has 0 atom stereocenters. The maximum atomic E-state index is 13.1. The molecule has 2 heterocycles. The average Bonchev–Trinajstić information content (AvgIpc) is 3.52. The fourth-order valence-electron chi connectivity index (χ4n) is 4.97. The van der Waals surface area contributed by atoms with E-state index in [9.17, 15) is 22.0 Å². The number of halogens is 2. The van der Waals surface area contributed by atoms with Crippen LogP contribution in [0.25, 0.3) is 0 Å². The molecular weight excluding hydrogens is 448 g/mol. The average molecular weight is 476 g/mol. The molecule has 0 radical (unpaired) electrons. The van der Waals surface area contributed by atoms with E-state index in [4.69, 9.17) is 0 Å². The summed E-state index contributed by atoms with van der Waals surface area (Å²) in [7, 11) is -3.73. The number of benzene rings is 1. The van der Waals surface area contributed by atoms with Gasteiger partial charge in [-0.05, 0) is 67.3 Å². The lowest BCUT2D eigenvalue weighted by molar-refractivity contribution is -0.103. The van der Waals surface area contributed by atoms with E-state index in [2.05, 4.69) is 15.2 Å². The number of alkyl halides is 2. The molecule has 33 heavy (non-hydrogen) atoms. The van der Waals surface area contributed by atoms with Gasteiger partial charge in [0.05, 0.1) is 16.2 Å². The Labute approximate surface area is 192 Å². The van der Waals surface area contributed by atoms with E-state index in [-0.39, 0.29) is 16.6 Å². The van der Waals surface area contributed by atoms with Crippen LogP contribution in [0.3, 0.4) is 0 Å². The topological polar surface area (TPSA) is 79.4 Å². The third kappa shape index (κ3) is 4.74. The van der Waals surface area contributed by atoms with Crippen molar-refractivity contribution in [2.24, 2.45) is 11.3 Å². The Balaban J connectivity index is 1.29. The van der Waals surface area contributed by atoms with Gasteiger partial charge in [-0.15, -0.1) is 0 Å². The number of hydrogen-bond acceptors (Lipinski definition) is 5. The van der Waals surface area contributed by atoms with Crippen LogP contribution in [0.2, 0.25) is 0 Å². The summed E-state index contributed by atoms with van der Waals surface area (Å²) in [6, 6.07) is 9.40. The lowest BCUT2D eigenvalue weighted by Gasteiger charge is -2.34. The number of pyridine rings is 1. The highest BCUT2D eigenvalue weighted by molar-refractivity contribution is 7.91. The van der Waals surface area contributed by atoms with Crippen molar-refractivity contribution < 1.29 is 22.0 Å². The summed E-state index contributed by atoms with van der Waals surface area (Å²) in [6.45, 7) is 1.73. The predicted molar refractivity (Wildman–Crippen MR) is 121 cm³/mol. The molecule has 1 saturated heterocycles. The third-order valence-electron chi connectivity index (χ3n) is 7.19. The van der Waals surface area contributed by atoms with Crippen molar-refractivity contribution in [3.63, 3.8) is 0 Å². The highest BCUT2D eigenvalue weighted by atomic mass is 32.2. The second-order valence-corrected chi connectivity index (χ2v) is 11.8. The second kappa shape index (κ2) is 8.04. The zero-order chi connectivity index (χ0) is 23.3. The summed E-state index contributed by atoms with van der Waals surface area (Å²) in [5, 5.41) is 2.78. The largest absolute Gasteiger partial charge is 0.356 e. The number of anilines is 2. The van der Waals surface area contributed by atoms with Crippen molar-refractivity contribution in [3.8, 4) is 0 Å². The van der Waals surface area contributed by atoms with Gasteiger partial charge in [0.15, 0.2) is 9.84 Å². The van der Waals surface area contributed by atoms with E-state index < -0.39 is 34.5 Å². The Morgan fingerprint density at radius 3 is 2.48 bits per heavy atom. The van der Waals surface area contributed by atoms with E-state index in [1.54, 1.807) is 30.5 Å². The van der Waals surface area contributed by atoms with Gasteiger partial charge in [-0.2, -0.15) is 0 Å². The van der Waals surface area contributed by atoms with Gasteiger partial charge >= 0.3 is 0 Å². The van der Waals surface area contributed by atoms with Gasteiger partial charge in [-0.1, -0.05) is 6.07 Å². The molecule has 1 aromatic heterocycles. The second-order valence-electron chi connectivity index (χ2n) is 9.76. The molecule has 2 aromatic rings.